The molecule has 6 heteroatoms. The van der Waals surface area contributed by atoms with Crippen molar-refractivity contribution < 1.29 is 23.4 Å². The average Bonchev–Trinajstić information content (AvgIpc) is 3.17. The van der Waals surface area contributed by atoms with Crippen molar-refractivity contribution in [2.24, 2.45) is 5.92 Å². The quantitative estimate of drug-likeness (QED) is 0.751. The number of hydrogen-bond acceptors (Lipinski definition) is 5. The molecule has 0 aliphatic carbocycles. The Morgan fingerprint density at radius 1 is 1.22 bits per heavy atom. The molecule has 0 amide bonds. The van der Waals surface area contributed by atoms with E-state index in [4.69, 9.17) is 14.2 Å². The second kappa shape index (κ2) is 7.56. The lowest BCUT2D eigenvalue weighted by atomic mass is 9.89. The first-order valence-electron chi connectivity index (χ1n) is 9.12. The summed E-state index contributed by atoms with van der Waals surface area (Å²) < 4.78 is 30.0. The highest BCUT2D eigenvalue weighted by atomic mass is 19.1. The molecule has 0 N–H and O–H groups in total. The maximum absolute atomic E-state index is 14.2. The lowest BCUT2D eigenvalue weighted by Crippen LogP contribution is -2.38. The lowest BCUT2D eigenvalue weighted by Gasteiger charge is -2.32. The number of carbonyl (C=O) groups is 1. The molecule has 2 aliphatic heterocycles. The van der Waals surface area contributed by atoms with E-state index in [9.17, 15) is 9.18 Å². The number of piperidine rings is 1. The van der Waals surface area contributed by atoms with Crippen LogP contribution in [0.25, 0.3) is 0 Å². The van der Waals surface area contributed by atoms with Crippen LogP contribution in [-0.2, 0) is 6.54 Å². The Hall–Kier alpha value is -2.60. The summed E-state index contributed by atoms with van der Waals surface area (Å²) in [5, 5.41) is 0. The number of rotatable bonds is 5. The zero-order valence-electron chi connectivity index (χ0n) is 15.2. The molecule has 1 fully saturated rings. The van der Waals surface area contributed by atoms with Crippen molar-refractivity contribution in [2.75, 3.05) is 27.0 Å². The van der Waals surface area contributed by atoms with Gasteiger partial charge in [-0.05, 0) is 43.7 Å². The van der Waals surface area contributed by atoms with Gasteiger partial charge < -0.3 is 14.2 Å². The number of fused-ring (bicyclic) bond motifs is 1. The second-order valence-electron chi connectivity index (χ2n) is 6.96. The molecule has 0 saturated carbocycles. The zero-order valence-corrected chi connectivity index (χ0v) is 15.2. The fraction of sp³-hybridized carbons (Fsp3) is 0.381. The largest absolute Gasteiger partial charge is 0.497 e. The minimum Gasteiger partial charge on any atom is -0.497 e. The number of likely N-dealkylation sites (tertiary alicyclic amines) is 1. The number of ether oxygens (including phenoxy) is 3. The predicted octanol–water partition coefficient (Wildman–Crippen LogP) is 3.66. The third kappa shape index (κ3) is 3.76. The zero-order chi connectivity index (χ0) is 18.8. The van der Waals surface area contributed by atoms with Crippen molar-refractivity contribution >= 4 is 5.78 Å². The predicted molar refractivity (Wildman–Crippen MR) is 97.8 cm³/mol. The Morgan fingerprint density at radius 2 is 2.07 bits per heavy atom. The second-order valence-corrected chi connectivity index (χ2v) is 6.96. The van der Waals surface area contributed by atoms with Gasteiger partial charge in [-0.15, -0.1) is 0 Å². The van der Waals surface area contributed by atoms with Crippen LogP contribution in [0.2, 0.25) is 0 Å². The number of methoxy groups -OCH3 is 1. The number of nitrogens with zero attached hydrogens (tertiary/aromatic N) is 1. The van der Waals surface area contributed by atoms with E-state index >= 15 is 0 Å². The monoisotopic (exact) mass is 371 g/mol. The highest BCUT2D eigenvalue weighted by Crippen LogP contribution is 2.34. The summed E-state index contributed by atoms with van der Waals surface area (Å²) in [5.41, 5.74) is 1.26. The molecule has 0 spiro atoms. The van der Waals surface area contributed by atoms with Crippen LogP contribution in [0.1, 0.15) is 28.8 Å². The van der Waals surface area contributed by atoms with E-state index in [1.807, 2.05) is 0 Å². The van der Waals surface area contributed by atoms with Crippen molar-refractivity contribution in [1.29, 1.82) is 0 Å². The van der Waals surface area contributed by atoms with E-state index in [-0.39, 0.29) is 24.3 Å². The number of Topliss-reactive ketones (excluding diaryl/α,β-unsaturated/α-hetero) is 1. The summed E-state index contributed by atoms with van der Waals surface area (Å²) in [6.45, 7) is 2.16. The lowest BCUT2D eigenvalue weighted by molar-refractivity contribution is 0.0810. The fourth-order valence-electron chi connectivity index (χ4n) is 3.72. The molecule has 4 rings (SSSR count). The SMILES string of the molecule is COc1ccc(CN2CCC[C@H](C(=O)c3ccc4c(c3)OCO4)C2)c(F)c1. The number of halogens is 1. The number of carbonyl (C=O) groups excluding carboxylic acids is 1. The van der Waals surface area contributed by atoms with Crippen molar-refractivity contribution in [3.8, 4) is 17.2 Å². The summed E-state index contributed by atoms with van der Waals surface area (Å²) in [7, 11) is 1.52. The van der Waals surface area contributed by atoms with Gasteiger partial charge >= 0.3 is 0 Å². The van der Waals surface area contributed by atoms with Gasteiger partial charge in [-0.25, -0.2) is 4.39 Å². The van der Waals surface area contributed by atoms with Crippen molar-refractivity contribution in [1.82, 2.24) is 4.90 Å². The number of benzene rings is 2. The maximum Gasteiger partial charge on any atom is 0.231 e. The summed E-state index contributed by atoms with van der Waals surface area (Å²) >= 11 is 0. The molecule has 2 heterocycles. The topological polar surface area (TPSA) is 48.0 Å². The Bertz CT molecular complexity index is 854. The van der Waals surface area contributed by atoms with Crippen LogP contribution in [-0.4, -0.2) is 37.7 Å². The van der Waals surface area contributed by atoms with E-state index in [0.717, 1.165) is 19.4 Å². The van der Waals surface area contributed by atoms with Crippen LogP contribution < -0.4 is 14.2 Å². The number of ketones is 1. The third-order valence-corrected chi connectivity index (χ3v) is 5.19. The van der Waals surface area contributed by atoms with Gasteiger partial charge in [-0.2, -0.15) is 0 Å². The van der Waals surface area contributed by atoms with Crippen molar-refractivity contribution in [3.63, 3.8) is 0 Å². The summed E-state index contributed by atoms with van der Waals surface area (Å²) in [4.78, 5) is 15.1. The molecule has 1 saturated heterocycles. The van der Waals surface area contributed by atoms with Gasteiger partial charge in [0.15, 0.2) is 17.3 Å². The molecular weight excluding hydrogens is 349 g/mol. The molecule has 1 atom stereocenters. The van der Waals surface area contributed by atoms with E-state index in [2.05, 4.69) is 4.90 Å². The van der Waals surface area contributed by atoms with Gasteiger partial charge in [-0.1, -0.05) is 6.07 Å². The highest BCUT2D eigenvalue weighted by molar-refractivity contribution is 5.98. The molecule has 0 unspecified atom stereocenters. The smallest absolute Gasteiger partial charge is 0.231 e. The highest BCUT2D eigenvalue weighted by Gasteiger charge is 2.28. The molecule has 142 valence electrons. The van der Waals surface area contributed by atoms with Crippen LogP contribution >= 0.6 is 0 Å². The first-order valence-corrected chi connectivity index (χ1v) is 9.12. The summed E-state index contributed by atoms with van der Waals surface area (Å²) in [5.74, 6) is 1.53. The van der Waals surface area contributed by atoms with Crippen LogP contribution in [0.3, 0.4) is 0 Å². The average molecular weight is 371 g/mol. The number of hydrogen-bond donors (Lipinski definition) is 0. The van der Waals surface area contributed by atoms with Crippen LogP contribution in [0.4, 0.5) is 4.39 Å². The molecule has 27 heavy (non-hydrogen) atoms. The van der Waals surface area contributed by atoms with Crippen LogP contribution in [0, 0.1) is 11.7 Å². The first-order chi connectivity index (χ1) is 13.1. The molecule has 5 nitrogen and oxygen atoms in total. The molecule has 2 aromatic carbocycles. The molecule has 0 bridgehead atoms. The van der Waals surface area contributed by atoms with E-state index in [1.165, 1.54) is 13.2 Å². The van der Waals surface area contributed by atoms with Gasteiger partial charge in [0.25, 0.3) is 0 Å². The van der Waals surface area contributed by atoms with Crippen molar-refractivity contribution in [2.45, 2.75) is 19.4 Å². The van der Waals surface area contributed by atoms with Crippen LogP contribution in [0.15, 0.2) is 36.4 Å². The van der Waals surface area contributed by atoms with Crippen molar-refractivity contribution in [3.05, 3.63) is 53.3 Å². The minimum atomic E-state index is -0.279. The molecule has 2 aromatic rings. The maximum atomic E-state index is 14.2. The van der Waals surface area contributed by atoms with Gasteiger partial charge in [0.2, 0.25) is 6.79 Å². The first kappa shape index (κ1) is 17.8. The Morgan fingerprint density at radius 3 is 2.89 bits per heavy atom. The van der Waals surface area contributed by atoms with Gasteiger partial charge in [0.05, 0.1) is 7.11 Å². The summed E-state index contributed by atoms with van der Waals surface area (Å²) in [6, 6.07) is 10.2. The standard InChI is InChI=1S/C21H22FNO4/c1-25-17-6-4-15(18(22)10-17)11-23-8-2-3-16(12-23)21(24)14-5-7-19-20(9-14)27-13-26-19/h4-7,9-10,16H,2-3,8,11-13H2,1H3/t16-/m0/s1. The fourth-order valence-corrected chi connectivity index (χ4v) is 3.72. The normalized spacial score (nSPS) is 19.1. The van der Waals surface area contributed by atoms with Gasteiger partial charge in [0.1, 0.15) is 11.6 Å². The Kier molecular flexibility index (Phi) is 4.99. The Balaban J connectivity index is 1.44. The minimum absolute atomic E-state index is 0.0968. The summed E-state index contributed by atoms with van der Waals surface area (Å²) in [6.07, 6.45) is 1.76. The van der Waals surface area contributed by atoms with Gasteiger partial charge in [-0.3, -0.25) is 9.69 Å². The van der Waals surface area contributed by atoms with Gasteiger partial charge in [0, 0.05) is 36.2 Å². The van der Waals surface area contributed by atoms with E-state index in [1.54, 1.807) is 30.3 Å². The van der Waals surface area contributed by atoms with E-state index < -0.39 is 0 Å². The van der Waals surface area contributed by atoms with Crippen LogP contribution in [0.5, 0.6) is 17.2 Å². The molecule has 0 aromatic heterocycles. The van der Waals surface area contributed by atoms with E-state index in [0.29, 0.717) is 41.5 Å². The molecular formula is C21H22FNO4. The molecule has 2 aliphatic rings. The molecule has 0 radical (unpaired) electrons. The third-order valence-electron chi connectivity index (χ3n) is 5.19. The Labute approximate surface area is 157 Å².